The lowest BCUT2D eigenvalue weighted by Crippen LogP contribution is -2.37. The maximum atomic E-state index is 13.2. The Balaban J connectivity index is 1.49. The SMILES string of the molecule is CC(C)[C@@H](c1nnnn1C1CCCCC1)N(CCCO)Cc1cc2cc3c(cc2[nH]c1=O)OCCO3. The van der Waals surface area contributed by atoms with Crippen molar-refractivity contribution in [3.8, 4) is 11.5 Å². The van der Waals surface area contributed by atoms with Crippen molar-refractivity contribution >= 4 is 10.9 Å². The van der Waals surface area contributed by atoms with Crippen LogP contribution in [0.15, 0.2) is 23.0 Å². The van der Waals surface area contributed by atoms with Gasteiger partial charge in [0.2, 0.25) is 0 Å². The molecule has 0 saturated heterocycles. The molecule has 0 radical (unpaired) electrons. The number of pyridine rings is 1. The zero-order chi connectivity index (χ0) is 25.1. The van der Waals surface area contributed by atoms with Crippen LogP contribution in [0.3, 0.4) is 0 Å². The Kier molecular flexibility index (Phi) is 7.52. The molecule has 1 atom stereocenters. The predicted octanol–water partition coefficient (Wildman–Crippen LogP) is 3.37. The molecule has 1 saturated carbocycles. The van der Waals surface area contributed by atoms with E-state index in [9.17, 15) is 9.90 Å². The van der Waals surface area contributed by atoms with E-state index >= 15 is 0 Å². The Bertz CT molecular complexity index is 1230. The Morgan fingerprint density at radius 2 is 1.89 bits per heavy atom. The summed E-state index contributed by atoms with van der Waals surface area (Å²) in [5, 5.41) is 23.5. The van der Waals surface area contributed by atoms with Gasteiger partial charge in [-0.2, -0.15) is 0 Å². The van der Waals surface area contributed by atoms with Crippen LogP contribution in [0.5, 0.6) is 11.5 Å². The van der Waals surface area contributed by atoms with Crippen molar-refractivity contribution in [1.82, 2.24) is 30.1 Å². The van der Waals surface area contributed by atoms with Crippen LogP contribution < -0.4 is 15.0 Å². The normalized spacial score (nSPS) is 17.2. The third-order valence-corrected chi connectivity index (χ3v) is 7.29. The number of hydrogen-bond acceptors (Lipinski definition) is 8. The number of benzene rings is 1. The second-order valence-electron chi connectivity index (χ2n) is 10.2. The topological polar surface area (TPSA) is 118 Å². The molecule has 2 aromatic heterocycles. The maximum absolute atomic E-state index is 13.2. The molecule has 1 aliphatic carbocycles. The molecule has 3 heterocycles. The third-order valence-electron chi connectivity index (χ3n) is 7.29. The fourth-order valence-electron chi connectivity index (χ4n) is 5.58. The highest BCUT2D eigenvalue weighted by Gasteiger charge is 2.32. The number of hydrogen-bond donors (Lipinski definition) is 2. The lowest BCUT2D eigenvalue weighted by molar-refractivity contribution is 0.118. The zero-order valence-corrected chi connectivity index (χ0v) is 21.2. The van der Waals surface area contributed by atoms with Crippen LogP contribution in [0.25, 0.3) is 10.9 Å². The molecular weight excluding hydrogens is 460 g/mol. The number of rotatable bonds is 9. The molecule has 1 fully saturated rings. The number of aliphatic hydroxyl groups excluding tert-OH is 1. The minimum atomic E-state index is -0.137. The second kappa shape index (κ2) is 11.0. The number of aliphatic hydroxyl groups is 1. The summed E-state index contributed by atoms with van der Waals surface area (Å²) < 4.78 is 13.4. The van der Waals surface area contributed by atoms with Crippen LogP contribution in [0.1, 0.15) is 75.8 Å². The first kappa shape index (κ1) is 24.7. The van der Waals surface area contributed by atoms with Crippen LogP contribution >= 0.6 is 0 Å². The van der Waals surface area contributed by atoms with Crippen molar-refractivity contribution in [3.63, 3.8) is 0 Å². The number of H-pyrrole nitrogens is 1. The molecular formula is C26H36N6O4. The van der Waals surface area contributed by atoms with Gasteiger partial charge < -0.3 is 19.6 Å². The summed E-state index contributed by atoms with van der Waals surface area (Å²) in [5.41, 5.74) is 1.23. The number of nitrogens with one attached hydrogen (secondary N) is 1. The van der Waals surface area contributed by atoms with Gasteiger partial charge in [-0.25, -0.2) is 4.68 Å². The third kappa shape index (κ3) is 5.10. The lowest BCUT2D eigenvalue weighted by Gasteiger charge is -2.34. The summed E-state index contributed by atoms with van der Waals surface area (Å²) in [6, 6.07) is 5.89. The summed E-state index contributed by atoms with van der Waals surface area (Å²) in [4.78, 5) is 18.4. The second-order valence-corrected chi connectivity index (χ2v) is 10.2. The number of nitrogens with zero attached hydrogens (tertiary/aromatic N) is 5. The van der Waals surface area contributed by atoms with Crippen molar-refractivity contribution < 1.29 is 14.6 Å². The van der Waals surface area contributed by atoms with Gasteiger partial charge >= 0.3 is 0 Å². The number of aromatic amines is 1. The van der Waals surface area contributed by atoms with E-state index in [1.165, 1.54) is 19.3 Å². The van der Waals surface area contributed by atoms with Crippen molar-refractivity contribution in [2.75, 3.05) is 26.4 Å². The number of tetrazole rings is 1. The minimum Gasteiger partial charge on any atom is -0.486 e. The molecule has 194 valence electrons. The number of fused-ring (bicyclic) bond motifs is 2. The summed E-state index contributed by atoms with van der Waals surface area (Å²) >= 11 is 0. The van der Waals surface area contributed by atoms with Gasteiger partial charge in [-0.1, -0.05) is 33.1 Å². The van der Waals surface area contributed by atoms with E-state index in [4.69, 9.17) is 9.47 Å². The van der Waals surface area contributed by atoms with Gasteiger partial charge in [-0.05, 0) is 47.7 Å². The molecule has 2 N–H and O–H groups in total. The first-order valence-corrected chi connectivity index (χ1v) is 13.1. The van der Waals surface area contributed by atoms with Gasteiger partial charge in [0, 0.05) is 36.7 Å². The van der Waals surface area contributed by atoms with Gasteiger partial charge in [0.15, 0.2) is 17.3 Å². The molecule has 36 heavy (non-hydrogen) atoms. The molecule has 3 aromatic rings. The highest BCUT2D eigenvalue weighted by atomic mass is 16.6. The van der Waals surface area contributed by atoms with Crippen LogP contribution in [0.2, 0.25) is 0 Å². The predicted molar refractivity (Wildman–Crippen MR) is 135 cm³/mol. The molecule has 10 nitrogen and oxygen atoms in total. The van der Waals surface area contributed by atoms with E-state index < -0.39 is 0 Å². The molecule has 0 spiro atoms. The fourth-order valence-corrected chi connectivity index (χ4v) is 5.58. The van der Waals surface area contributed by atoms with E-state index in [1.54, 1.807) is 0 Å². The average molecular weight is 497 g/mol. The minimum absolute atomic E-state index is 0.0758. The van der Waals surface area contributed by atoms with Crippen molar-refractivity contribution in [2.45, 2.75) is 71.0 Å². The maximum Gasteiger partial charge on any atom is 0.252 e. The van der Waals surface area contributed by atoms with E-state index in [2.05, 4.69) is 39.3 Å². The molecule has 1 aromatic carbocycles. The molecule has 2 aliphatic rings. The first-order valence-electron chi connectivity index (χ1n) is 13.1. The summed E-state index contributed by atoms with van der Waals surface area (Å²) in [5.74, 6) is 2.38. The van der Waals surface area contributed by atoms with Crippen LogP contribution in [-0.4, -0.2) is 61.6 Å². The summed E-state index contributed by atoms with van der Waals surface area (Å²) in [7, 11) is 0. The molecule has 5 rings (SSSR count). The summed E-state index contributed by atoms with van der Waals surface area (Å²) in [6.07, 6.45) is 6.40. The van der Waals surface area contributed by atoms with Gasteiger partial charge in [0.05, 0.1) is 17.6 Å². The van der Waals surface area contributed by atoms with E-state index in [0.717, 1.165) is 29.6 Å². The zero-order valence-electron chi connectivity index (χ0n) is 21.2. The monoisotopic (exact) mass is 496 g/mol. The highest BCUT2D eigenvalue weighted by Crippen LogP contribution is 2.35. The van der Waals surface area contributed by atoms with E-state index in [1.807, 2.05) is 22.9 Å². The smallest absolute Gasteiger partial charge is 0.252 e. The largest absolute Gasteiger partial charge is 0.486 e. The number of aromatic nitrogens is 5. The lowest BCUT2D eigenvalue weighted by atomic mass is 9.94. The van der Waals surface area contributed by atoms with Crippen LogP contribution in [-0.2, 0) is 6.54 Å². The van der Waals surface area contributed by atoms with Crippen molar-refractivity contribution in [3.05, 3.63) is 39.9 Å². The van der Waals surface area contributed by atoms with Gasteiger partial charge in [-0.3, -0.25) is 9.69 Å². The van der Waals surface area contributed by atoms with Gasteiger partial charge in [-0.15, -0.1) is 5.10 Å². The molecule has 10 heteroatoms. The molecule has 1 aliphatic heterocycles. The Hall–Kier alpha value is -2.98. The first-order chi connectivity index (χ1) is 17.5. The number of ether oxygens (including phenoxy) is 2. The van der Waals surface area contributed by atoms with E-state index in [0.29, 0.717) is 55.8 Å². The van der Waals surface area contributed by atoms with Crippen LogP contribution in [0.4, 0.5) is 0 Å². The van der Waals surface area contributed by atoms with Crippen molar-refractivity contribution in [2.24, 2.45) is 5.92 Å². The quantitative estimate of drug-likeness (QED) is 0.463. The molecule has 0 bridgehead atoms. The van der Waals surface area contributed by atoms with Crippen LogP contribution in [0, 0.1) is 5.92 Å². The highest BCUT2D eigenvalue weighted by molar-refractivity contribution is 5.83. The average Bonchev–Trinajstić information content (AvgIpc) is 3.36. The standard InChI is InChI=1S/C26H36N6O4/c1-17(2)24(25-28-29-30-32(25)20-7-4-3-5-8-20)31(9-6-10-33)16-19-13-18-14-22-23(36-12-11-35-22)15-21(18)27-26(19)34/h13-15,17,20,24,33H,3-12,16H2,1-2H3,(H,27,34)/t24-/m0/s1. The summed E-state index contributed by atoms with van der Waals surface area (Å²) in [6.45, 7) is 6.44. The van der Waals surface area contributed by atoms with Gasteiger partial charge in [0.1, 0.15) is 13.2 Å². The van der Waals surface area contributed by atoms with Crippen molar-refractivity contribution in [1.29, 1.82) is 0 Å². The van der Waals surface area contributed by atoms with Gasteiger partial charge in [0.25, 0.3) is 5.56 Å². The Morgan fingerprint density at radius 1 is 1.14 bits per heavy atom. The Morgan fingerprint density at radius 3 is 2.61 bits per heavy atom. The molecule has 0 amide bonds. The molecule has 0 unspecified atom stereocenters. The Labute approximate surface area is 210 Å². The van der Waals surface area contributed by atoms with E-state index in [-0.39, 0.29) is 24.1 Å². The fraction of sp³-hybridized carbons (Fsp3) is 0.615.